The van der Waals surface area contributed by atoms with Crippen LogP contribution in [0.4, 0.5) is 8.78 Å². The van der Waals surface area contributed by atoms with Crippen LogP contribution in [-0.4, -0.2) is 50.7 Å². The van der Waals surface area contributed by atoms with Gasteiger partial charge in [0, 0.05) is 38.3 Å². The lowest BCUT2D eigenvalue weighted by molar-refractivity contribution is -0.0504. The van der Waals surface area contributed by atoms with Gasteiger partial charge in [0.05, 0.1) is 0 Å². The van der Waals surface area contributed by atoms with Gasteiger partial charge in [-0.15, -0.1) is 0 Å². The van der Waals surface area contributed by atoms with E-state index in [2.05, 4.69) is 32.3 Å². The van der Waals surface area contributed by atoms with Gasteiger partial charge in [-0.1, -0.05) is 30.5 Å². The highest BCUT2D eigenvalue weighted by Gasteiger charge is 2.18. The lowest BCUT2D eigenvalue weighted by Gasteiger charge is -2.24. The average Bonchev–Trinajstić information content (AvgIpc) is 3.14. The molecule has 0 heterocycles. The number of ether oxygens (including phenoxy) is 1. The van der Waals surface area contributed by atoms with Crippen molar-refractivity contribution in [1.29, 1.82) is 0 Å². The highest BCUT2D eigenvalue weighted by atomic mass is 19.3. The second kappa shape index (κ2) is 10.3. The lowest BCUT2D eigenvalue weighted by Crippen LogP contribution is -2.42. The van der Waals surface area contributed by atoms with Crippen molar-refractivity contribution in [1.82, 2.24) is 15.5 Å². The number of hydrogen-bond donors (Lipinski definition) is 2. The molecule has 1 aromatic rings. The molecule has 1 aliphatic rings. The van der Waals surface area contributed by atoms with Crippen molar-refractivity contribution in [3.8, 4) is 5.75 Å². The summed E-state index contributed by atoms with van der Waals surface area (Å²) in [6.07, 6.45) is 5.21. The summed E-state index contributed by atoms with van der Waals surface area (Å²) in [7, 11) is 3.86. The zero-order valence-electron chi connectivity index (χ0n) is 15.9. The van der Waals surface area contributed by atoms with E-state index in [0.29, 0.717) is 24.1 Å². The van der Waals surface area contributed by atoms with Crippen LogP contribution in [-0.2, 0) is 6.54 Å². The van der Waals surface area contributed by atoms with Crippen LogP contribution in [0.25, 0.3) is 0 Å². The summed E-state index contributed by atoms with van der Waals surface area (Å²) in [6, 6.07) is 5.86. The van der Waals surface area contributed by atoms with E-state index in [0.717, 1.165) is 18.7 Å². The fourth-order valence-electron chi connectivity index (χ4n) is 3.34. The van der Waals surface area contributed by atoms with Crippen LogP contribution in [0, 0.1) is 6.92 Å². The molecule has 2 N–H and O–H groups in total. The largest absolute Gasteiger partial charge is 0.434 e. The summed E-state index contributed by atoms with van der Waals surface area (Å²) in [5.74, 6) is 0.837. The van der Waals surface area contributed by atoms with Crippen LogP contribution in [0.15, 0.2) is 23.2 Å². The monoisotopic (exact) mass is 368 g/mol. The van der Waals surface area contributed by atoms with E-state index in [4.69, 9.17) is 0 Å². The Morgan fingerprint density at radius 2 is 2.04 bits per heavy atom. The number of hydrogen-bond acceptors (Lipinski definition) is 3. The SMILES string of the molecule is CN=C(NCCN(C)C1CCCC1)NCc1cc(C)ccc1OC(F)F. The number of nitrogens with zero attached hydrogens (tertiary/aromatic N) is 2. The van der Waals surface area contributed by atoms with Crippen LogP contribution in [0.1, 0.15) is 36.8 Å². The van der Waals surface area contributed by atoms with E-state index >= 15 is 0 Å². The molecule has 1 fully saturated rings. The maximum Gasteiger partial charge on any atom is 0.387 e. The smallest absolute Gasteiger partial charge is 0.387 e. The second-order valence-electron chi connectivity index (χ2n) is 6.76. The van der Waals surface area contributed by atoms with E-state index in [9.17, 15) is 8.78 Å². The molecular weight excluding hydrogens is 338 g/mol. The van der Waals surface area contributed by atoms with E-state index in [-0.39, 0.29) is 5.75 Å². The summed E-state index contributed by atoms with van der Waals surface area (Å²) in [4.78, 5) is 6.59. The molecule has 0 bridgehead atoms. The summed E-state index contributed by atoms with van der Waals surface area (Å²) in [6.45, 7) is 1.17. The van der Waals surface area contributed by atoms with Gasteiger partial charge in [-0.2, -0.15) is 8.78 Å². The fourth-order valence-corrected chi connectivity index (χ4v) is 3.34. The molecule has 1 aliphatic carbocycles. The fraction of sp³-hybridized carbons (Fsp3) is 0.632. The predicted octanol–water partition coefficient (Wildman–Crippen LogP) is 3.14. The molecule has 0 saturated heterocycles. The minimum Gasteiger partial charge on any atom is -0.434 e. The molecule has 0 spiro atoms. The lowest BCUT2D eigenvalue weighted by atomic mass is 10.1. The van der Waals surface area contributed by atoms with Crippen molar-refractivity contribution in [3.63, 3.8) is 0 Å². The number of rotatable bonds is 8. The zero-order valence-corrected chi connectivity index (χ0v) is 15.9. The number of benzene rings is 1. The van der Waals surface area contributed by atoms with Crippen LogP contribution in [0.2, 0.25) is 0 Å². The molecule has 0 aliphatic heterocycles. The molecule has 5 nitrogen and oxygen atoms in total. The molecule has 0 amide bonds. The molecule has 0 atom stereocenters. The van der Waals surface area contributed by atoms with Gasteiger partial charge in [0.25, 0.3) is 0 Å². The molecular formula is C19H30F2N4O. The molecule has 0 unspecified atom stereocenters. The molecule has 0 aromatic heterocycles. The molecule has 1 aromatic carbocycles. The Morgan fingerprint density at radius 1 is 1.31 bits per heavy atom. The highest BCUT2D eigenvalue weighted by Crippen LogP contribution is 2.22. The number of aryl methyl sites for hydroxylation is 1. The standard InChI is InChI=1S/C19H30F2N4O/c1-14-8-9-17(26-18(20)21)15(12-14)13-24-19(22-2)23-10-11-25(3)16-6-4-5-7-16/h8-9,12,16,18H,4-7,10-11,13H2,1-3H3,(H2,22,23,24). The van der Waals surface area contributed by atoms with Gasteiger partial charge in [0.1, 0.15) is 5.75 Å². The number of halogens is 2. The van der Waals surface area contributed by atoms with Gasteiger partial charge < -0.3 is 20.3 Å². The Morgan fingerprint density at radius 3 is 2.69 bits per heavy atom. The van der Waals surface area contributed by atoms with Crippen molar-refractivity contribution >= 4 is 5.96 Å². The van der Waals surface area contributed by atoms with Gasteiger partial charge in [-0.05, 0) is 32.9 Å². The number of likely N-dealkylation sites (N-methyl/N-ethyl adjacent to an activating group) is 1. The van der Waals surface area contributed by atoms with Crippen LogP contribution in [0.5, 0.6) is 5.75 Å². The quantitative estimate of drug-likeness (QED) is 0.547. The van der Waals surface area contributed by atoms with E-state index in [1.165, 1.54) is 25.7 Å². The molecule has 146 valence electrons. The Labute approximate surface area is 154 Å². The zero-order chi connectivity index (χ0) is 18.9. The Bertz CT molecular complexity index is 589. The van der Waals surface area contributed by atoms with Gasteiger partial charge in [-0.25, -0.2) is 0 Å². The first kappa shape index (κ1) is 20.4. The maximum atomic E-state index is 12.6. The number of guanidine groups is 1. The summed E-state index contributed by atoms with van der Waals surface area (Å²) in [5, 5.41) is 6.44. The molecule has 7 heteroatoms. The van der Waals surface area contributed by atoms with Crippen molar-refractivity contribution in [3.05, 3.63) is 29.3 Å². The third-order valence-corrected chi connectivity index (χ3v) is 4.81. The normalized spacial score (nSPS) is 15.7. The average molecular weight is 368 g/mol. The minimum absolute atomic E-state index is 0.189. The third-order valence-electron chi connectivity index (χ3n) is 4.81. The van der Waals surface area contributed by atoms with Crippen molar-refractivity contribution in [2.75, 3.05) is 27.2 Å². The first-order valence-electron chi connectivity index (χ1n) is 9.18. The van der Waals surface area contributed by atoms with Crippen LogP contribution in [0.3, 0.4) is 0 Å². The first-order chi connectivity index (χ1) is 12.5. The third kappa shape index (κ3) is 6.44. The van der Waals surface area contributed by atoms with Crippen molar-refractivity contribution in [2.24, 2.45) is 4.99 Å². The minimum atomic E-state index is -2.83. The number of aliphatic imine (C=N–C) groups is 1. The predicted molar refractivity (Wildman–Crippen MR) is 101 cm³/mol. The Hall–Kier alpha value is -1.89. The van der Waals surface area contributed by atoms with Gasteiger partial charge in [0.2, 0.25) is 0 Å². The maximum absolute atomic E-state index is 12.6. The molecule has 1 saturated carbocycles. The second-order valence-corrected chi connectivity index (χ2v) is 6.76. The topological polar surface area (TPSA) is 48.9 Å². The molecule has 26 heavy (non-hydrogen) atoms. The Balaban J connectivity index is 1.82. The number of nitrogens with one attached hydrogen (secondary N) is 2. The van der Waals surface area contributed by atoms with Crippen LogP contribution >= 0.6 is 0 Å². The van der Waals surface area contributed by atoms with Gasteiger partial charge in [0.15, 0.2) is 5.96 Å². The van der Waals surface area contributed by atoms with E-state index < -0.39 is 6.61 Å². The van der Waals surface area contributed by atoms with E-state index in [1.54, 1.807) is 19.2 Å². The van der Waals surface area contributed by atoms with Crippen LogP contribution < -0.4 is 15.4 Å². The van der Waals surface area contributed by atoms with Crippen molar-refractivity contribution in [2.45, 2.75) is 51.8 Å². The highest BCUT2D eigenvalue weighted by molar-refractivity contribution is 5.79. The van der Waals surface area contributed by atoms with Crippen molar-refractivity contribution < 1.29 is 13.5 Å². The summed E-state index contributed by atoms with van der Waals surface area (Å²) < 4.78 is 29.7. The van der Waals surface area contributed by atoms with Gasteiger partial charge >= 0.3 is 6.61 Å². The van der Waals surface area contributed by atoms with Gasteiger partial charge in [-0.3, -0.25) is 4.99 Å². The molecule has 0 radical (unpaired) electrons. The summed E-state index contributed by atoms with van der Waals surface area (Å²) >= 11 is 0. The first-order valence-corrected chi connectivity index (χ1v) is 9.18. The number of alkyl halides is 2. The Kier molecular flexibility index (Phi) is 8.09. The summed E-state index contributed by atoms with van der Waals surface area (Å²) in [5.41, 5.74) is 1.67. The van der Waals surface area contributed by atoms with E-state index in [1.807, 2.05) is 13.0 Å². The molecule has 2 rings (SSSR count).